The number of carbonyl (C=O) groups is 2. The van der Waals surface area contributed by atoms with Gasteiger partial charge >= 0.3 is 5.97 Å². The van der Waals surface area contributed by atoms with Crippen molar-refractivity contribution in [2.75, 3.05) is 5.75 Å². The molecular weight excluding hydrogens is 669 g/mol. The van der Waals surface area contributed by atoms with Gasteiger partial charge in [0, 0.05) is 28.7 Å². The Kier molecular flexibility index (Phi) is 11.3. The second-order valence-electron chi connectivity index (χ2n) is 10.9. The molecule has 0 bridgehead atoms. The van der Waals surface area contributed by atoms with Gasteiger partial charge in [-0.3, -0.25) is 4.79 Å². The molecule has 240 valence electrons. The molecule has 0 radical (unpaired) electrons. The summed E-state index contributed by atoms with van der Waals surface area (Å²) in [4.78, 5) is 24.3. The molecule has 0 aromatic heterocycles. The molecule has 4 aromatic rings. The molecule has 11 heteroatoms. The molecule has 7 nitrogen and oxygen atoms in total. The molecule has 3 N–H and O–H groups in total. The van der Waals surface area contributed by atoms with Gasteiger partial charge in [-0.25, -0.2) is 4.79 Å². The third kappa shape index (κ3) is 8.44. The number of aliphatic hydroxyl groups is 1. The van der Waals surface area contributed by atoms with Crippen molar-refractivity contribution in [3.8, 4) is 11.1 Å². The average Bonchev–Trinajstić information content (AvgIpc) is 3.06. The fourth-order valence-electron chi connectivity index (χ4n) is 5.23. The standard InChI is InChI=1S/C35H32Cl3NO6S/c1-21-30(20-46-28-16-14-25(15-17-28)32(41)42)44-33(45-31(21)24-8-6-22(19-40)7-9-24)26-12-10-23(11-13-26)29-5-3-2-4-27(29)18-39-34(43)35(36,37)38/h2-17,21,30-31,33,40H,18-20H2,1H3,(H,39,43)(H,41,42)/t21-,30+,31+,33+/m0/s1. The minimum absolute atomic E-state index is 0.00363. The quantitative estimate of drug-likeness (QED) is 0.113. The van der Waals surface area contributed by atoms with Crippen LogP contribution in [0.5, 0.6) is 0 Å². The summed E-state index contributed by atoms with van der Waals surface area (Å²) in [7, 11) is 0. The normalized spacial score (nSPS) is 19.8. The number of aromatic carboxylic acids is 1. The lowest BCUT2D eigenvalue weighted by Gasteiger charge is -2.41. The second-order valence-corrected chi connectivity index (χ2v) is 14.3. The van der Waals surface area contributed by atoms with Crippen LogP contribution in [0, 0.1) is 5.92 Å². The molecule has 5 rings (SSSR count). The maximum Gasteiger partial charge on any atom is 0.335 e. The Balaban J connectivity index is 1.36. The van der Waals surface area contributed by atoms with Crippen LogP contribution in [0.1, 0.15) is 51.9 Å². The summed E-state index contributed by atoms with van der Waals surface area (Å²) in [5.41, 5.74) is 5.60. The topological polar surface area (TPSA) is 105 Å². The minimum atomic E-state index is -2.05. The first-order chi connectivity index (χ1) is 22.0. The van der Waals surface area contributed by atoms with Gasteiger partial charge in [0.25, 0.3) is 9.70 Å². The summed E-state index contributed by atoms with van der Waals surface area (Å²) in [5, 5.41) is 21.4. The minimum Gasteiger partial charge on any atom is -0.478 e. The van der Waals surface area contributed by atoms with Gasteiger partial charge in [0.05, 0.1) is 24.4 Å². The summed E-state index contributed by atoms with van der Waals surface area (Å²) in [6, 6.07) is 30.1. The number of hydrogen-bond donors (Lipinski definition) is 3. The van der Waals surface area contributed by atoms with E-state index in [0.717, 1.165) is 38.3 Å². The first-order valence-corrected chi connectivity index (χ1v) is 16.7. The van der Waals surface area contributed by atoms with Crippen molar-refractivity contribution >= 4 is 58.4 Å². The Bertz CT molecular complexity index is 1650. The highest BCUT2D eigenvalue weighted by Crippen LogP contribution is 2.43. The van der Waals surface area contributed by atoms with Gasteiger partial charge in [0.2, 0.25) is 0 Å². The molecule has 0 aliphatic carbocycles. The summed E-state index contributed by atoms with van der Waals surface area (Å²) in [5.74, 6) is -1.04. The number of halogens is 3. The second kappa shape index (κ2) is 15.2. The number of amides is 1. The Morgan fingerprint density at radius 2 is 1.52 bits per heavy atom. The smallest absolute Gasteiger partial charge is 0.335 e. The molecule has 0 saturated carbocycles. The van der Waals surface area contributed by atoms with Crippen molar-refractivity contribution in [2.45, 2.75) is 47.3 Å². The van der Waals surface area contributed by atoms with Gasteiger partial charge in [0.15, 0.2) is 6.29 Å². The molecule has 0 spiro atoms. The lowest BCUT2D eigenvalue weighted by atomic mass is 9.91. The molecule has 0 unspecified atom stereocenters. The van der Waals surface area contributed by atoms with E-state index in [1.807, 2.05) is 72.8 Å². The van der Waals surface area contributed by atoms with Crippen LogP contribution in [0.2, 0.25) is 0 Å². The number of carboxylic acid groups (broad SMARTS) is 1. The molecule has 46 heavy (non-hydrogen) atoms. The monoisotopic (exact) mass is 699 g/mol. The molecule has 1 fully saturated rings. The Labute approximate surface area is 286 Å². The SMILES string of the molecule is C[C@H]1[C@@H](CSc2ccc(C(=O)O)cc2)O[C@@H](c2ccc(-c3ccccc3CNC(=O)C(Cl)(Cl)Cl)cc2)O[C@H]1c1ccc(CO)cc1. The van der Waals surface area contributed by atoms with E-state index < -0.39 is 22.0 Å². The fraction of sp³-hybridized carbons (Fsp3) is 0.257. The van der Waals surface area contributed by atoms with Crippen molar-refractivity contribution in [3.63, 3.8) is 0 Å². The van der Waals surface area contributed by atoms with E-state index in [1.54, 1.807) is 36.0 Å². The maximum absolute atomic E-state index is 12.1. The number of hydrogen-bond acceptors (Lipinski definition) is 6. The molecule has 1 aliphatic heterocycles. The number of carbonyl (C=O) groups excluding carboxylic acids is 1. The number of aliphatic hydroxyl groups excluding tert-OH is 1. The highest BCUT2D eigenvalue weighted by Gasteiger charge is 2.38. The lowest BCUT2D eigenvalue weighted by Crippen LogP contribution is -2.38. The predicted molar refractivity (Wildman–Crippen MR) is 181 cm³/mol. The van der Waals surface area contributed by atoms with Crippen LogP contribution in [0.3, 0.4) is 0 Å². The van der Waals surface area contributed by atoms with Gasteiger partial charge < -0.3 is 25.0 Å². The van der Waals surface area contributed by atoms with Crippen LogP contribution in [-0.4, -0.2) is 37.7 Å². The van der Waals surface area contributed by atoms with E-state index >= 15 is 0 Å². The Morgan fingerprint density at radius 1 is 0.870 bits per heavy atom. The van der Waals surface area contributed by atoms with Crippen LogP contribution in [-0.2, 0) is 27.4 Å². The third-order valence-electron chi connectivity index (χ3n) is 7.85. The number of nitrogens with one attached hydrogen (secondary N) is 1. The predicted octanol–water partition coefficient (Wildman–Crippen LogP) is 8.11. The summed E-state index contributed by atoms with van der Waals surface area (Å²) >= 11 is 18.7. The van der Waals surface area contributed by atoms with Crippen molar-refractivity contribution in [1.82, 2.24) is 5.32 Å². The van der Waals surface area contributed by atoms with Gasteiger partial charge in [-0.15, -0.1) is 11.8 Å². The first kappa shape index (κ1) is 34.3. The largest absolute Gasteiger partial charge is 0.478 e. The number of carboxylic acids is 1. The van der Waals surface area contributed by atoms with E-state index in [1.165, 1.54) is 0 Å². The Morgan fingerprint density at radius 3 is 2.15 bits per heavy atom. The van der Waals surface area contributed by atoms with Crippen LogP contribution in [0.15, 0.2) is 102 Å². The van der Waals surface area contributed by atoms with E-state index in [0.29, 0.717) is 5.75 Å². The van der Waals surface area contributed by atoms with Crippen molar-refractivity contribution in [2.24, 2.45) is 5.92 Å². The maximum atomic E-state index is 12.1. The molecule has 1 heterocycles. The summed E-state index contributed by atoms with van der Waals surface area (Å²) in [6.07, 6.45) is -1.10. The summed E-state index contributed by atoms with van der Waals surface area (Å²) in [6.45, 7) is 2.25. The van der Waals surface area contributed by atoms with Crippen LogP contribution >= 0.6 is 46.6 Å². The molecule has 1 aliphatic rings. The van der Waals surface area contributed by atoms with Crippen LogP contribution < -0.4 is 5.32 Å². The van der Waals surface area contributed by atoms with Crippen molar-refractivity contribution < 1.29 is 29.3 Å². The van der Waals surface area contributed by atoms with Gasteiger partial charge in [-0.2, -0.15) is 0 Å². The van der Waals surface area contributed by atoms with Gasteiger partial charge in [-0.1, -0.05) is 115 Å². The van der Waals surface area contributed by atoms with Crippen molar-refractivity contribution in [1.29, 1.82) is 0 Å². The zero-order valence-corrected chi connectivity index (χ0v) is 27.8. The van der Waals surface area contributed by atoms with E-state index in [2.05, 4.69) is 12.2 Å². The number of alkyl halides is 3. The zero-order chi connectivity index (χ0) is 32.8. The van der Waals surface area contributed by atoms with Crippen LogP contribution in [0.4, 0.5) is 0 Å². The average molecular weight is 701 g/mol. The molecule has 1 amide bonds. The number of rotatable bonds is 10. The fourth-order valence-corrected chi connectivity index (χ4v) is 6.50. The molecule has 1 saturated heterocycles. The molecule has 4 aromatic carbocycles. The van der Waals surface area contributed by atoms with E-state index in [4.69, 9.17) is 44.3 Å². The van der Waals surface area contributed by atoms with Gasteiger partial charge in [-0.05, 0) is 52.1 Å². The van der Waals surface area contributed by atoms with Crippen LogP contribution in [0.25, 0.3) is 11.1 Å². The highest BCUT2D eigenvalue weighted by molar-refractivity contribution is 7.99. The number of ether oxygens (including phenoxy) is 2. The van der Waals surface area contributed by atoms with E-state index in [9.17, 15) is 19.8 Å². The summed E-state index contributed by atoms with van der Waals surface area (Å²) < 4.78 is 11.1. The van der Waals surface area contributed by atoms with Crippen molar-refractivity contribution in [3.05, 3.63) is 125 Å². The first-order valence-electron chi connectivity index (χ1n) is 14.5. The number of thioether (sulfide) groups is 1. The highest BCUT2D eigenvalue weighted by atomic mass is 35.6. The van der Waals surface area contributed by atoms with Gasteiger partial charge in [0.1, 0.15) is 0 Å². The lowest BCUT2D eigenvalue weighted by molar-refractivity contribution is -0.268. The third-order valence-corrected chi connectivity index (χ3v) is 9.46. The Hall–Kier alpha value is -3.08. The van der Waals surface area contributed by atoms with E-state index in [-0.39, 0.29) is 36.8 Å². The zero-order valence-electron chi connectivity index (χ0n) is 24.7. The number of benzene rings is 4. The molecular formula is C35H32Cl3NO6S. The molecule has 4 atom stereocenters.